The molecule has 1 unspecified atom stereocenters. The third-order valence-corrected chi connectivity index (χ3v) is 8.36. The maximum Gasteiger partial charge on any atom is 0.252 e. The van der Waals surface area contributed by atoms with E-state index in [4.69, 9.17) is 0 Å². The highest BCUT2D eigenvalue weighted by Crippen LogP contribution is 2.29. The molecule has 21 heavy (non-hydrogen) atoms. The number of hydrogen-bond donors (Lipinski definition) is 0. The molecule has 0 radical (unpaired) electrons. The zero-order valence-corrected chi connectivity index (χ0v) is 15.4. The minimum atomic E-state index is -3.36. The monoisotopic (exact) mass is 348 g/mol. The quantitative estimate of drug-likeness (QED) is 0.819. The van der Waals surface area contributed by atoms with Crippen LogP contribution in [0, 0.1) is 0 Å². The van der Waals surface area contributed by atoms with Gasteiger partial charge in [0, 0.05) is 29.8 Å². The van der Waals surface area contributed by atoms with E-state index in [2.05, 4.69) is 11.8 Å². The van der Waals surface area contributed by atoms with E-state index in [9.17, 15) is 8.42 Å². The van der Waals surface area contributed by atoms with Crippen LogP contribution in [-0.2, 0) is 16.4 Å². The largest absolute Gasteiger partial charge is 0.308 e. The summed E-state index contributed by atoms with van der Waals surface area (Å²) >= 11 is 3.27. The van der Waals surface area contributed by atoms with E-state index in [1.807, 2.05) is 31.9 Å². The van der Waals surface area contributed by atoms with Crippen molar-refractivity contribution in [1.82, 2.24) is 9.21 Å². The van der Waals surface area contributed by atoms with Gasteiger partial charge in [0.1, 0.15) is 4.21 Å². The van der Waals surface area contributed by atoms with Crippen LogP contribution in [0.5, 0.6) is 0 Å². The van der Waals surface area contributed by atoms with Crippen molar-refractivity contribution in [2.75, 3.05) is 38.7 Å². The van der Waals surface area contributed by atoms with E-state index in [1.54, 1.807) is 10.4 Å². The number of sulfonamides is 1. The molecule has 0 N–H and O–H groups in total. The molecule has 1 fully saturated rings. The Morgan fingerprint density at radius 2 is 2.14 bits per heavy atom. The lowest BCUT2D eigenvalue weighted by Gasteiger charge is -2.30. The molecule has 120 valence electrons. The Balaban J connectivity index is 2.29. The second-order valence-electron chi connectivity index (χ2n) is 5.53. The molecular formula is C14H24N2O2S3. The summed E-state index contributed by atoms with van der Waals surface area (Å²) in [4.78, 5) is 3.20. The fraction of sp³-hybridized carbons (Fsp3) is 0.714. The Bertz CT molecular complexity index is 554. The van der Waals surface area contributed by atoms with Crippen LogP contribution in [0.25, 0.3) is 0 Å². The van der Waals surface area contributed by atoms with Gasteiger partial charge in [0.2, 0.25) is 0 Å². The van der Waals surface area contributed by atoms with Crippen molar-refractivity contribution < 1.29 is 8.42 Å². The molecule has 1 aliphatic heterocycles. The van der Waals surface area contributed by atoms with E-state index >= 15 is 0 Å². The molecule has 0 spiro atoms. The van der Waals surface area contributed by atoms with Crippen molar-refractivity contribution in [2.45, 2.75) is 30.0 Å². The van der Waals surface area contributed by atoms with Gasteiger partial charge in [0.25, 0.3) is 10.0 Å². The van der Waals surface area contributed by atoms with Gasteiger partial charge in [-0.1, -0.05) is 6.92 Å². The molecule has 0 amide bonds. The Kier molecular flexibility index (Phi) is 6.14. The lowest BCUT2D eigenvalue weighted by Crippen LogP contribution is -2.46. The van der Waals surface area contributed by atoms with Gasteiger partial charge < -0.3 is 4.90 Å². The van der Waals surface area contributed by atoms with Crippen molar-refractivity contribution in [2.24, 2.45) is 0 Å². The summed E-state index contributed by atoms with van der Waals surface area (Å²) in [6, 6.07) is 3.76. The Morgan fingerprint density at radius 1 is 1.38 bits per heavy atom. The van der Waals surface area contributed by atoms with Crippen molar-refractivity contribution in [3.8, 4) is 0 Å². The molecule has 0 bridgehead atoms. The smallest absolute Gasteiger partial charge is 0.252 e. The van der Waals surface area contributed by atoms with Crippen LogP contribution in [0.15, 0.2) is 16.3 Å². The second kappa shape index (κ2) is 7.46. The zero-order chi connectivity index (χ0) is 15.5. The van der Waals surface area contributed by atoms with E-state index < -0.39 is 10.0 Å². The number of likely N-dealkylation sites (N-methyl/N-ethyl adjacent to an activating group) is 1. The molecule has 1 atom stereocenters. The molecule has 1 aromatic heterocycles. The second-order valence-corrected chi connectivity index (χ2v) is 9.97. The molecule has 2 heterocycles. The Hall–Kier alpha value is -0.0800. The topological polar surface area (TPSA) is 40.6 Å². The number of nitrogens with zero attached hydrogens (tertiary/aromatic N) is 2. The number of hydrogen-bond acceptors (Lipinski definition) is 5. The molecule has 4 nitrogen and oxygen atoms in total. The highest BCUT2D eigenvalue weighted by molar-refractivity contribution is 7.99. The normalized spacial score (nSPS) is 21.6. The van der Waals surface area contributed by atoms with Crippen LogP contribution in [0.1, 0.15) is 18.2 Å². The van der Waals surface area contributed by atoms with Gasteiger partial charge in [-0.3, -0.25) is 0 Å². The van der Waals surface area contributed by atoms with Gasteiger partial charge >= 0.3 is 0 Å². The average Bonchev–Trinajstić information content (AvgIpc) is 2.80. The van der Waals surface area contributed by atoms with Crippen molar-refractivity contribution in [1.29, 1.82) is 0 Å². The number of aryl methyl sites for hydroxylation is 1. The zero-order valence-electron chi connectivity index (χ0n) is 12.9. The molecule has 1 aromatic rings. The van der Waals surface area contributed by atoms with Crippen LogP contribution in [0.3, 0.4) is 0 Å². The third-order valence-electron chi connectivity index (χ3n) is 3.51. The fourth-order valence-electron chi connectivity index (χ4n) is 2.49. The maximum absolute atomic E-state index is 13.0. The standard InChI is InChI=1S/C14H24N2O2S3/c1-4-13-6-7-14(20-13)21(17,18)16-8-5-9-19-11-12(16)10-15(2)3/h6-7,12H,4-5,8-11H2,1-3H3. The number of thiophene rings is 1. The van der Waals surface area contributed by atoms with Crippen LogP contribution >= 0.6 is 23.1 Å². The summed E-state index contributed by atoms with van der Waals surface area (Å²) in [5.74, 6) is 1.92. The first-order valence-corrected chi connectivity index (χ1v) is 10.7. The molecule has 2 rings (SSSR count). The molecular weight excluding hydrogens is 324 g/mol. The maximum atomic E-state index is 13.0. The first-order valence-electron chi connectivity index (χ1n) is 7.28. The van der Waals surface area contributed by atoms with Crippen molar-refractivity contribution in [3.63, 3.8) is 0 Å². The highest BCUT2D eigenvalue weighted by atomic mass is 32.2. The first-order chi connectivity index (χ1) is 9.95. The molecule has 0 aliphatic carbocycles. The summed E-state index contributed by atoms with van der Waals surface area (Å²) in [5.41, 5.74) is 0. The van der Waals surface area contributed by atoms with Crippen LogP contribution in [0.2, 0.25) is 0 Å². The summed E-state index contributed by atoms with van der Waals surface area (Å²) in [6.07, 6.45) is 1.82. The van der Waals surface area contributed by atoms with Crippen LogP contribution in [0.4, 0.5) is 0 Å². The lowest BCUT2D eigenvalue weighted by molar-refractivity contribution is 0.271. The van der Waals surface area contributed by atoms with E-state index in [-0.39, 0.29) is 6.04 Å². The van der Waals surface area contributed by atoms with Gasteiger partial charge in [-0.05, 0) is 44.8 Å². The SMILES string of the molecule is CCc1ccc(S(=O)(=O)N2CCCSCC2CN(C)C)s1. The average molecular weight is 349 g/mol. The Morgan fingerprint density at radius 3 is 2.76 bits per heavy atom. The van der Waals surface area contributed by atoms with E-state index in [0.29, 0.717) is 10.8 Å². The van der Waals surface area contributed by atoms with Gasteiger partial charge in [-0.15, -0.1) is 11.3 Å². The molecule has 0 saturated carbocycles. The molecule has 7 heteroatoms. The highest BCUT2D eigenvalue weighted by Gasteiger charge is 2.33. The predicted octanol–water partition coefficient (Wildman–Crippen LogP) is 2.37. The first kappa shape index (κ1) is 17.3. The summed E-state index contributed by atoms with van der Waals surface area (Å²) < 4.78 is 28.2. The Labute approximate surface area is 136 Å². The van der Waals surface area contributed by atoms with Gasteiger partial charge in [-0.2, -0.15) is 16.1 Å². The minimum absolute atomic E-state index is 0.0599. The summed E-state index contributed by atoms with van der Waals surface area (Å²) in [5, 5.41) is 0. The molecule has 0 aromatic carbocycles. The third kappa shape index (κ3) is 4.22. The number of thioether (sulfide) groups is 1. The van der Waals surface area contributed by atoms with Crippen molar-refractivity contribution >= 4 is 33.1 Å². The minimum Gasteiger partial charge on any atom is -0.308 e. The van der Waals surface area contributed by atoms with Gasteiger partial charge in [-0.25, -0.2) is 8.42 Å². The van der Waals surface area contributed by atoms with E-state index in [0.717, 1.165) is 35.8 Å². The van der Waals surface area contributed by atoms with Crippen molar-refractivity contribution in [3.05, 3.63) is 17.0 Å². The van der Waals surface area contributed by atoms with E-state index in [1.165, 1.54) is 11.3 Å². The lowest BCUT2D eigenvalue weighted by atomic mass is 10.3. The van der Waals surface area contributed by atoms with Gasteiger partial charge in [0.05, 0.1) is 0 Å². The summed E-state index contributed by atoms with van der Waals surface area (Å²) in [7, 11) is 0.644. The molecule has 1 aliphatic rings. The summed E-state index contributed by atoms with van der Waals surface area (Å²) in [6.45, 7) is 3.46. The predicted molar refractivity (Wildman–Crippen MR) is 91.9 cm³/mol. The van der Waals surface area contributed by atoms with Gasteiger partial charge in [0.15, 0.2) is 0 Å². The van der Waals surface area contributed by atoms with Crippen LogP contribution in [-0.4, -0.2) is 62.4 Å². The number of rotatable bonds is 5. The van der Waals surface area contributed by atoms with Crippen LogP contribution < -0.4 is 0 Å². The molecule has 1 saturated heterocycles. The fourth-order valence-corrected chi connectivity index (χ4v) is 6.72.